The van der Waals surface area contributed by atoms with Crippen LogP contribution in [0.2, 0.25) is 0 Å². The van der Waals surface area contributed by atoms with Crippen LogP contribution in [0, 0.1) is 6.92 Å². The molecule has 0 spiro atoms. The van der Waals surface area contributed by atoms with Gasteiger partial charge in [0.1, 0.15) is 5.69 Å². The third-order valence-electron chi connectivity index (χ3n) is 2.26. The summed E-state index contributed by atoms with van der Waals surface area (Å²) in [6.07, 6.45) is 0.107. The molecular formula is C9H13N5O2. The van der Waals surface area contributed by atoms with Crippen molar-refractivity contribution in [3.05, 3.63) is 5.69 Å². The number of nitrogen functional groups attached to an aromatic ring is 1. The molecule has 2 aromatic rings. The van der Waals surface area contributed by atoms with Crippen molar-refractivity contribution in [3.8, 4) is 17.7 Å². The molecule has 16 heavy (non-hydrogen) atoms. The molecule has 0 saturated carbocycles. The second-order valence-electron chi connectivity index (χ2n) is 3.24. The van der Waals surface area contributed by atoms with Gasteiger partial charge in [-0.25, -0.2) is 0 Å². The third-order valence-corrected chi connectivity index (χ3v) is 2.26. The zero-order valence-electron chi connectivity index (χ0n) is 9.39. The smallest absolute Gasteiger partial charge is 0.414 e. The van der Waals surface area contributed by atoms with Crippen LogP contribution in [0.1, 0.15) is 12.6 Å². The van der Waals surface area contributed by atoms with Gasteiger partial charge in [-0.3, -0.25) is 4.68 Å². The molecule has 0 atom stereocenters. The van der Waals surface area contributed by atoms with Gasteiger partial charge in [-0.1, -0.05) is 5.10 Å². The lowest BCUT2D eigenvalue weighted by Gasteiger charge is -1.99. The van der Waals surface area contributed by atoms with Crippen LogP contribution >= 0.6 is 0 Å². The molecule has 0 aliphatic carbocycles. The maximum Gasteiger partial charge on any atom is 0.414 e. The van der Waals surface area contributed by atoms with Crippen molar-refractivity contribution in [2.75, 3.05) is 12.8 Å². The molecule has 0 aliphatic heterocycles. The van der Waals surface area contributed by atoms with Crippen molar-refractivity contribution in [3.63, 3.8) is 0 Å². The van der Waals surface area contributed by atoms with Crippen LogP contribution in [-0.4, -0.2) is 27.1 Å². The van der Waals surface area contributed by atoms with Crippen LogP contribution in [0.15, 0.2) is 4.42 Å². The fraction of sp³-hybridized carbons (Fsp3) is 0.444. The molecule has 7 nitrogen and oxygen atoms in total. The molecule has 0 amide bonds. The molecule has 0 aliphatic rings. The Labute approximate surface area is 92.2 Å². The summed E-state index contributed by atoms with van der Waals surface area (Å²) in [6, 6.07) is 0. The van der Waals surface area contributed by atoms with Crippen molar-refractivity contribution in [1.29, 1.82) is 0 Å². The summed E-state index contributed by atoms with van der Waals surface area (Å²) < 4.78 is 11.8. The lowest BCUT2D eigenvalue weighted by atomic mass is 10.3. The second-order valence-corrected chi connectivity index (χ2v) is 3.24. The first-order chi connectivity index (χ1) is 7.67. The lowest BCUT2D eigenvalue weighted by Crippen LogP contribution is -2.00. The number of rotatable bonds is 3. The average Bonchev–Trinajstić information content (AvgIpc) is 2.85. The van der Waals surface area contributed by atoms with Crippen LogP contribution in [0.5, 0.6) is 6.08 Å². The predicted octanol–water partition coefficient (Wildman–Crippen LogP) is 0.852. The molecule has 86 valence electrons. The fourth-order valence-electron chi connectivity index (χ4n) is 1.44. The van der Waals surface area contributed by atoms with E-state index in [0.717, 1.165) is 5.69 Å². The average molecular weight is 223 g/mol. The molecular weight excluding hydrogens is 210 g/mol. The van der Waals surface area contributed by atoms with Crippen molar-refractivity contribution >= 4 is 5.69 Å². The first-order valence-corrected chi connectivity index (χ1v) is 4.88. The molecule has 2 heterocycles. The minimum absolute atomic E-state index is 0.107. The normalized spacial score (nSPS) is 10.7. The molecule has 7 heteroatoms. The van der Waals surface area contributed by atoms with Gasteiger partial charge in [0, 0.05) is 6.54 Å². The van der Waals surface area contributed by atoms with Gasteiger partial charge in [0.2, 0.25) is 0 Å². The highest BCUT2D eigenvalue weighted by molar-refractivity contribution is 5.68. The van der Waals surface area contributed by atoms with E-state index in [1.807, 2.05) is 13.8 Å². The second kappa shape index (κ2) is 3.84. The Morgan fingerprint density at radius 2 is 2.19 bits per heavy atom. The first kappa shape index (κ1) is 10.5. The topological polar surface area (TPSA) is 92.0 Å². The van der Waals surface area contributed by atoms with E-state index in [1.165, 1.54) is 7.11 Å². The summed E-state index contributed by atoms with van der Waals surface area (Å²) in [5.74, 6) is 0.316. The molecule has 0 bridgehead atoms. The quantitative estimate of drug-likeness (QED) is 0.829. The number of hydrogen-bond acceptors (Lipinski definition) is 6. The minimum Gasteiger partial charge on any atom is -0.452 e. The van der Waals surface area contributed by atoms with Crippen molar-refractivity contribution in [1.82, 2.24) is 20.0 Å². The highest BCUT2D eigenvalue weighted by Crippen LogP contribution is 2.28. The van der Waals surface area contributed by atoms with E-state index in [2.05, 4.69) is 15.3 Å². The van der Waals surface area contributed by atoms with Gasteiger partial charge in [0.05, 0.1) is 18.5 Å². The number of anilines is 1. The van der Waals surface area contributed by atoms with Crippen LogP contribution in [0.4, 0.5) is 5.69 Å². The molecule has 0 radical (unpaired) electrons. The van der Waals surface area contributed by atoms with Crippen molar-refractivity contribution in [2.24, 2.45) is 0 Å². The fourth-order valence-corrected chi connectivity index (χ4v) is 1.44. The van der Waals surface area contributed by atoms with Crippen molar-refractivity contribution < 1.29 is 9.15 Å². The van der Waals surface area contributed by atoms with E-state index in [-0.39, 0.29) is 6.08 Å². The standard InChI is InChI=1S/C9H13N5O2/c1-4-14-7(6(10)5(2)13-14)8-11-12-9(15-3)16-8/h4,10H2,1-3H3. The van der Waals surface area contributed by atoms with E-state index >= 15 is 0 Å². The molecule has 0 unspecified atom stereocenters. The maximum absolute atomic E-state index is 5.91. The van der Waals surface area contributed by atoms with Gasteiger partial charge in [-0.15, -0.1) is 5.10 Å². The number of aromatic nitrogens is 4. The Bertz CT molecular complexity index is 502. The first-order valence-electron chi connectivity index (χ1n) is 4.88. The van der Waals surface area contributed by atoms with E-state index < -0.39 is 0 Å². The molecule has 0 fully saturated rings. The van der Waals surface area contributed by atoms with Crippen LogP contribution < -0.4 is 10.5 Å². The van der Waals surface area contributed by atoms with Gasteiger partial charge in [-0.2, -0.15) is 5.10 Å². The van der Waals surface area contributed by atoms with Crippen LogP contribution in [-0.2, 0) is 6.54 Å². The van der Waals surface area contributed by atoms with Gasteiger partial charge < -0.3 is 14.9 Å². The molecule has 0 saturated heterocycles. The third kappa shape index (κ3) is 1.50. The summed E-state index contributed by atoms with van der Waals surface area (Å²) in [7, 11) is 1.46. The number of nitrogens with two attached hydrogens (primary N) is 1. The summed E-state index contributed by atoms with van der Waals surface area (Å²) in [5, 5.41) is 11.8. The Hall–Kier alpha value is -2.05. The number of hydrogen-bond donors (Lipinski definition) is 1. The lowest BCUT2D eigenvalue weighted by molar-refractivity contribution is 0.293. The van der Waals surface area contributed by atoms with Gasteiger partial charge >= 0.3 is 6.08 Å². The number of methoxy groups -OCH3 is 1. The van der Waals surface area contributed by atoms with Crippen LogP contribution in [0.3, 0.4) is 0 Å². The summed E-state index contributed by atoms with van der Waals surface area (Å²) in [6.45, 7) is 4.47. The molecule has 2 rings (SSSR count). The zero-order valence-corrected chi connectivity index (χ0v) is 9.39. The maximum atomic E-state index is 5.91. The largest absolute Gasteiger partial charge is 0.452 e. The summed E-state index contributed by atoms with van der Waals surface area (Å²) >= 11 is 0. The van der Waals surface area contributed by atoms with Gasteiger partial charge in [-0.05, 0) is 13.8 Å². The highest BCUT2D eigenvalue weighted by atomic mass is 16.6. The number of aryl methyl sites for hydroxylation is 2. The van der Waals surface area contributed by atoms with Crippen molar-refractivity contribution in [2.45, 2.75) is 20.4 Å². The molecule has 0 aromatic carbocycles. The van der Waals surface area contributed by atoms with E-state index in [0.29, 0.717) is 23.8 Å². The van der Waals surface area contributed by atoms with Crippen LogP contribution in [0.25, 0.3) is 11.6 Å². The van der Waals surface area contributed by atoms with E-state index in [9.17, 15) is 0 Å². The predicted molar refractivity (Wildman–Crippen MR) is 56.9 cm³/mol. The van der Waals surface area contributed by atoms with Gasteiger partial charge in [0.25, 0.3) is 5.89 Å². The van der Waals surface area contributed by atoms with Gasteiger partial charge in [0.15, 0.2) is 0 Å². The zero-order chi connectivity index (χ0) is 11.7. The Morgan fingerprint density at radius 3 is 2.75 bits per heavy atom. The number of ether oxygens (including phenoxy) is 1. The Kier molecular flexibility index (Phi) is 2.51. The highest BCUT2D eigenvalue weighted by Gasteiger charge is 2.19. The SMILES string of the molecule is CCn1nc(C)c(N)c1-c1nnc(OC)o1. The monoisotopic (exact) mass is 223 g/mol. The summed E-state index contributed by atoms with van der Waals surface area (Å²) in [4.78, 5) is 0. The Morgan fingerprint density at radius 1 is 1.44 bits per heavy atom. The molecule has 2 N–H and O–H groups in total. The minimum atomic E-state index is 0.107. The number of nitrogens with zero attached hydrogens (tertiary/aromatic N) is 4. The summed E-state index contributed by atoms with van der Waals surface area (Å²) in [5.41, 5.74) is 7.84. The molecule has 2 aromatic heterocycles. The van der Waals surface area contributed by atoms with E-state index in [1.54, 1.807) is 4.68 Å². The van der Waals surface area contributed by atoms with E-state index in [4.69, 9.17) is 14.9 Å². The Balaban J connectivity index is 2.53.